The molecule has 0 heterocycles. The molecule has 0 N–H and O–H groups in total. The number of hydrogen-bond donors (Lipinski definition) is 0. The summed E-state index contributed by atoms with van der Waals surface area (Å²) in [5, 5.41) is 1.69. The fourth-order valence-corrected chi connectivity index (χ4v) is 1.93. The van der Waals surface area contributed by atoms with E-state index in [9.17, 15) is 9.59 Å². The summed E-state index contributed by atoms with van der Waals surface area (Å²) in [6.45, 7) is 5.39. The molecule has 0 aliphatic rings. The van der Waals surface area contributed by atoms with Gasteiger partial charge in [-0.3, -0.25) is 4.79 Å². The Morgan fingerprint density at radius 2 is 1.79 bits per heavy atom. The van der Waals surface area contributed by atoms with Crippen molar-refractivity contribution in [1.29, 1.82) is 0 Å². The van der Waals surface area contributed by atoms with Crippen molar-refractivity contribution in [3.05, 3.63) is 47.5 Å². The second-order valence-electron chi connectivity index (χ2n) is 5.37. The predicted molar refractivity (Wildman–Crippen MR) is 74.5 cm³/mol. The Kier molecular flexibility index (Phi) is 3.38. The molecule has 2 aromatic rings. The molecule has 0 aliphatic carbocycles. The third kappa shape index (κ3) is 2.81. The summed E-state index contributed by atoms with van der Waals surface area (Å²) in [7, 11) is 0. The molecule has 3 heteroatoms. The third-order valence-electron chi connectivity index (χ3n) is 2.71. The molecule has 0 fully saturated rings. The quantitative estimate of drug-likeness (QED) is 0.609. The molecule has 0 unspecified atom stereocenters. The van der Waals surface area contributed by atoms with Gasteiger partial charge in [-0.25, -0.2) is 4.79 Å². The Morgan fingerprint density at radius 1 is 1.11 bits per heavy atom. The Balaban J connectivity index is 2.55. The second kappa shape index (κ2) is 4.84. The number of ether oxygens (including phenoxy) is 1. The van der Waals surface area contributed by atoms with Gasteiger partial charge in [-0.05, 0) is 37.6 Å². The molecule has 19 heavy (non-hydrogen) atoms. The van der Waals surface area contributed by atoms with E-state index in [-0.39, 0.29) is 0 Å². The minimum absolute atomic E-state index is 0.309. The van der Waals surface area contributed by atoms with Crippen LogP contribution in [-0.2, 0) is 4.74 Å². The summed E-state index contributed by atoms with van der Waals surface area (Å²) in [4.78, 5) is 23.4. The Hall–Kier alpha value is -2.16. The molecule has 0 radical (unpaired) electrons. The van der Waals surface area contributed by atoms with Crippen molar-refractivity contribution in [2.45, 2.75) is 26.4 Å². The summed E-state index contributed by atoms with van der Waals surface area (Å²) in [5.41, 5.74) is 0.110. The first-order chi connectivity index (χ1) is 8.92. The van der Waals surface area contributed by atoms with Crippen LogP contribution in [0.4, 0.5) is 0 Å². The smallest absolute Gasteiger partial charge is 0.339 e. The van der Waals surface area contributed by atoms with Crippen molar-refractivity contribution in [2.75, 3.05) is 0 Å². The number of rotatable bonds is 2. The van der Waals surface area contributed by atoms with Crippen LogP contribution in [0.25, 0.3) is 10.8 Å². The summed E-state index contributed by atoms with van der Waals surface area (Å²) in [6, 6.07) is 10.9. The van der Waals surface area contributed by atoms with Crippen LogP contribution in [-0.4, -0.2) is 17.9 Å². The van der Waals surface area contributed by atoms with Crippen LogP contribution in [0.1, 0.15) is 41.5 Å². The zero-order valence-corrected chi connectivity index (χ0v) is 11.3. The lowest BCUT2D eigenvalue weighted by Gasteiger charge is -2.20. The summed E-state index contributed by atoms with van der Waals surface area (Å²) >= 11 is 0. The molecule has 0 aromatic heterocycles. The molecule has 0 atom stereocenters. The zero-order chi connectivity index (χ0) is 14.0. The number of carbonyl (C=O) groups is 2. The van der Waals surface area contributed by atoms with E-state index in [0.29, 0.717) is 17.4 Å². The van der Waals surface area contributed by atoms with E-state index < -0.39 is 11.6 Å². The molecule has 0 saturated heterocycles. The first kappa shape index (κ1) is 13.3. The number of aldehydes is 1. The van der Waals surface area contributed by atoms with E-state index in [1.807, 2.05) is 30.3 Å². The maximum atomic E-state index is 12.1. The number of esters is 1. The molecular weight excluding hydrogens is 240 g/mol. The van der Waals surface area contributed by atoms with Gasteiger partial charge in [-0.1, -0.05) is 30.3 Å². The third-order valence-corrected chi connectivity index (χ3v) is 2.71. The van der Waals surface area contributed by atoms with Crippen LogP contribution < -0.4 is 0 Å². The zero-order valence-electron chi connectivity index (χ0n) is 11.3. The van der Waals surface area contributed by atoms with Crippen LogP contribution in [0, 0.1) is 0 Å². The first-order valence-electron chi connectivity index (χ1n) is 6.12. The van der Waals surface area contributed by atoms with Crippen LogP contribution in [0.5, 0.6) is 0 Å². The van der Waals surface area contributed by atoms with Gasteiger partial charge < -0.3 is 4.74 Å². The number of fused-ring (bicyclic) bond motifs is 1. The average Bonchev–Trinajstić information content (AvgIpc) is 2.35. The highest BCUT2D eigenvalue weighted by Gasteiger charge is 2.21. The maximum Gasteiger partial charge on any atom is 0.339 e. The molecule has 0 bridgehead atoms. The standard InChI is InChI=1S/C16H16O3/c1-16(2,3)19-15(18)13-9-8-11-6-4-5-7-12(11)14(13)10-17/h4-10H,1-3H3. The molecule has 2 rings (SSSR count). The molecule has 0 aliphatic heterocycles. The van der Waals surface area contributed by atoms with Gasteiger partial charge in [0.25, 0.3) is 0 Å². The van der Waals surface area contributed by atoms with Crippen molar-refractivity contribution in [1.82, 2.24) is 0 Å². The summed E-state index contributed by atoms with van der Waals surface area (Å²) in [5.74, 6) is -0.472. The Morgan fingerprint density at radius 3 is 2.42 bits per heavy atom. The molecular formula is C16H16O3. The first-order valence-corrected chi connectivity index (χ1v) is 6.12. The van der Waals surface area contributed by atoms with Gasteiger partial charge in [0.1, 0.15) is 5.60 Å². The molecule has 3 nitrogen and oxygen atoms in total. The molecule has 0 saturated carbocycles. The predicted octanol–water partition coefficient (Wildman–Crippen LogP) is 3.61. The van der Waals surface area contributed by atoms with E-state index in [4.69, 9.17) is 4.74 Å². The lowest BCUT2D eigenvalue weighted by atomic mass is 9.99. The fraction of sp³-hybridized carbons (Fsp3) is 0.250. The molecule has 2 aromatic carbocycles. The van der Waals surface area contributed by atoms with E-state index in [0.717, 1.165) is 10.8 Å². The van der Waals surface area contributed by atoms with Gasteiger partial charge in [0, 0.05) is 5.56 Å². The van der Waals surface area contributed by atoms with Crippen LogP contribution >= 0.6 is 0 Å². The van der Waals surface area contributed by atoms with Crippen molar-refractivity contribution < 1.29 is 14.3 Å². The highest BCUT2D eigenvalue weighted by Crippen LogP contribution is 2.23. The molecule has 98 valence electrons. The fourth-order valence-electron chi connectivity index (χ4n) is 1.93. The Labute approximate surface area is 112 Å². The van der Waals surface area contributed by atoms with Gasteiger partial charge in [0.2, 0.25) is 0 Å². The lowest BCUT2D eigenvalue weighted by Crippen LogP contribution is -2.24. The van der Waals surface area contributed by atoms with Crippen LogP contribution in [0.15, 0.2) is 36.4 Å². The van der Waals surface area contributed by atoms with Crippen molar-refractivity contribution >= 4 is 23.0 Å². The normalized spacial score (nSPS) is 11.3. The van der Waals surface area contributed by atoms with E-state index in [1.165, 1.54) is 0 Å². The van der Waals surface area contributed by atoms with Gasteiger partial charge >= 0.3 is 5.97 Å². The topological polar surface area (TPSA) is 43.4 Å². The van der Waals surface area contributed by atoms with Gasteiger partial charge in [-0.15, -0.1) is 0 Å². The van der Waals surface area contributed by atoms with Crippen molar-refractivity contribution in [2.24, 2.45) is 0 Å². The van der Waals surface area contributed by atoms with E-state index in [2.05, 4.69) is 0 Å². The maximum absolute atomic E-state index is 12.1. The molecule has 0 spiro atoms. The van der Waals surface area contributed by atoms with Gasteiger partial charge in [-0.2, -0.15) is 0 Å². The van der Waals surface area contributed by atoms with Gasteiger partial charge in [0.15, 0.2) is 6.29 Å². The number of hydrogen-bond acceptors (Lipinski definition) is 3. The molecule has 0 amide bonds. The van der Waals surface area contributed by atoms with Crippen molar-refractivity contribution in [3.8, 4) is 0 Å². The van der Waals surface area contributed by atoms with Crippen molar-refractivity contribution in [3.63, 3.8) is 0 Å². The number of carbonyl (C=O) groups excluding carboxylic acids is 2. The van der Waals surface area contributed by atoms with Crippen LogP contribution in [0.3, 0.4) is 0 Å². The average molecular weight is 256 g/mol. The Bertz CT molecular complexity index is 636. The van der Waals surface area contributed by atoms with E-state index >= 15 is 0 Å². The van der Waals surface area contributed by atoms with Gasteiger partial charge in [0.05, 0.1) is 5.56 Å². The SMILES string of the molecule is CC(C)(C)OC(=O)c1ccc2ccccc2c1C=O. The number of benzene rings is 2. The monoisotopic (exact) mass is 256 g/mol. The minimum atomic E-state index is -0.580. The lowest BCUT2D eigenvalue weighted by molar-refractivity contribution is 0.00685. The minimum Gasteiger partial charge on any atom is -0.456 e. The van der Waals surface area contributed by atoms with E-state index in [1.54, 1.807) is 26.8 Å². The largest absolute Gasteiger partial charge is 0.456 e. The highest BCUT2D eigenvalue weighted by atomic mass is 16.6. The summed E-state index contributed by atoms with van der Waals surface area (Å²) in [6.07, 6.45) is 0.710. The highest BCUT2D eigenvalue weighted by molar-refractivity contribution is 6.08. The summed E-state index contributed by atoms with van der Waals surface area (Å²) < 4.78 is 5.32. The second-order valence-corrected chi connectivity index (χ2v) is 5.37. The van der Waals surface area contributed by atoms with Crippen LogP contribution in [0.2, 0.25) is 0 Å².